The third kappa shape index (κ3) is 8.69. The Hall–Kier alpha value is -5.13. The topological polar surface area (TPSA) is 142 Å². The lowest BCUT2D eigenvalue weighted by molar-refractivity contribution is -0.193. The number of nitrogens with zero attached hydrogens (tertiary/aromatic N) is 4. The zero-order valence-corrected chi connectivity index (χ0v) is 21.9. The molecule has 0 amide bonds. The van der Waals surface area contributed by atoms with Crippen LogP contribution in [0.1, 0.15) is 12.0 Å². The van der Waals surface area contributed by atoms with Crippen molar-refractivity contribution < 1.29 is 54.9 Å². The zero-order valence-electron chi connectivity index (χ0n) is 21.9. The molecule has 234 valence electrons. The highest BCUT2D eigenvalue weighted by Crippen LogP contribution is 2.30. The van der Waals surface area contributed by atoms with Crippen LogP contribution in [0.3, 0.4) is 0 Å². The summed E-state index contributed by atoms with van der Waals surface area (Å²) in [6, 6.07) is 9.03. The predicted molar refractivity (Wildman–Crippen MR) is 139 cm³/mol. The third-order valence-corrected chi connectivity index (χ3v) is 5.57. The van der Waals surface area contributed by atoms with Crippen molar-refractivity contribution in [2.24, 2.45) is 0 Å². The van der Waals surface area contributed by atoms with Crippen molar-refractivity contribution in [3.63, 3.8) is 0 Å². The van der Waals surface area contributed by atoms with Gasteiger partial charge in [0.05, 0.1) is 34.9 Å². The minimum absolute atomic E-state index is 0.166. The molecule has 0 atom stereocenters. The van der Waals surface area contributed by atoms with Crippen molar-refractivity contribution in [2.45, 2.75) is 18.8 Å². The Labute approximate surface area is 241 Å². The van der Waals surface area contributed by atoms with Crippen molar-refractivity contribution in [2.75, 3.05) is 18.4 Å². The van der Waals surface area contributed by atoms with Gasteiger partial charge in [-0.15, -0.1) is 0 Å². The Balaban J connectivity index is 0.000000317. The summed E-state index contributed by atoms with van der Waals surface area (Å²) in [4.78, 5) is 26.4. The van der Waals surface area contributed by atoms with Crippen LogP contribution >= 0.6 is 0 Å². The van der Waals surface area contributed by atoms with E-state index in [1.165, 1.54) is 28.3 Å². The van der Waals surface area contributed by atoms with Crippen LogP contribution in [0.25, 0.3) is 22.3 Å². The van der Waals surface area contributed by atoms with Gasteiger partial charge in [0.1, 0.15) is 11.6 Å². The number of carboxylic acids is 2. The minimum Gasteiger partial charge on any atom is -0.475 e. The molecule has 4 aromatic rings. The van der Waals surface area contributed by atoms with E-state index in [1.807, 2.05) is 6.07 Å². The van der Waals surface area contributed by atoms with Gasteiger partial charge < -0.3 is 20.8 Å². The van der Waals surface area contributed by atoms with Gasteiger partial charge in [0.15, 0.2) is 0 Å². The van der Waals surface area contributed by atoms with Crippen LogP contribution in [0.2, 0.25) is 0 Å². The number of fused-ring (bicyclic) bond motifs is 1. The molecule has 0 unspecified atom stereocenters. The maximum atomic E-state index is 14.2. The molecule has 1 aromatic carbocycles. The summed E-state index contributed by atoms with van der Waals surface area (Å²) in [5.74, 6) is -6.40. The Morgan fingerprint density at radius 2 is 1.52 bits per heavy atom. The number of rotatable bonds is 4. The highest BCUT2D eigenvalue weighted by Gasteiger charge is 2.38. The summed E-state index contributed by atoms with van der Waals surface area (Å²) in [6.07, 6.45) is -1.96. The minimum atomic E-state index is -5.08. The summed E-state index contributed by atoms with van der Waals surface area (Å²) in [5.41, 5.74) is 3.78. The Morgan fingerprint density at radius 1 is 0.909 bits per heavy atom. The molecule has 5 rings (SSSR count). The van der Waals surface area contributed by atoms with Crippen LogP contribution in [-0.2, 0) is 9.59 Å². The fraction of sp³-hybridized carbons (Fsp3) is 0.192. The average Bonchev–Trinajstić information content (AvgIpc) is 3.35. The Kier molecular flexibility index (Phi) is 10.5. The fourth-order valence-electron chi connectivity index (χ4n) is 3.61. The van der Waals surface area contributed by atoms with Crippen LogP contribution in [0.5, 0.6) is 0 Å². The monoisotopic (exact) mass is 632 g/mol. The van der Waals surface area contributed by atoms with Gasteiger partial charge in [-0.2, -0.15) is 36.0 Å². The maximum absolute atomic E-state index is 14.2. The molecule has 1 aliphatic heterocycles. The second-order valence-corrected chi connectivity index (χ2v) is 8.57. The second-order valence-electron chi connectivity index (χ2n) is 8.57. The van der Waals surface area contributed by atoms with E-state index in [0.717, 1.165) is 30.8 Å². The van der Waals surface area contributed by atoms with Gasteiger partial charge >= 0.3 is 24.3 Å². The first kappa shape index (κ1) is 33.4. The largest absolute Gasteiger partial charge is 0.490 e. The molecule has 0 radical (unpaired) electrons. The fourth-order valence-corrected chi connectivity index (χ4v) is 3.61. The third-order valence-electron chi connectivity index (χ3n) is 5.57. The molecule has 0 bridgehead atoms. The number of aliphatic carboxylic acids is 2. The molecular formula is C26H20F8N6O4. The number of nitrogens with one attached hydrogen (secondary N) is 2. The van der Waals surface area contributed by atoms with Crippen molar-refractivity contribution in [1.82, 2.24) is 24.9 Å². The number of alkyl halides is 6. The van der Waals surface area contributed by atoms with E-state index in [9.17, 15) is 35.1 Å². The van der Waals surface area contributed by atoms with E-state index in [1.54, 1.807) is 30.7 Å². The Bertz CT molecular complexity index is 1630. The molecule has 3 aromatic heterocycles. The number of carbonyl (C=O) groups is 2. The van der Waals surface area contributed by atoms with Crippen LogP contribution < -0.4 is 10.6 Å². The molecule has 1 aliphatic rings. The van der Waals surface area contributed by atoms with Crippen LogP contribution in [0, 0.1) is 11.6 Å². The zero-order chi connectivity index (χ0) is 32.7. The lowest BCUT2D eigenvalue weighted by Gasteiger charge is -2.17. The highest BCUT2D eigenvalue weighted by atomic mass is 19.4. The van der Waals surface area contributed by atoms with Gasteiger partial charge in [0.2, 0.25) is 5.95 Å². The number of halogens is 8. The quantitative estimate of drug-likeness (QED) is 0.216. The standard InChI is InChI=1S/C22H18F2N6.2C2HF3O2/c23-17-2-1-3-18(24)21(17)19-5-4-15-12-27-22(30(15)29-19)28-20-13-26-11-8-16(20)14-6-9-25-10-7-14;2*3-2(4,5)1(6)7/h1-6,8,11-13,25H,7,9-10H2,(H,27,28);2*(H,6,7). The summed E-state index contributed by atoms with van der Waals surface area (Å²) in [7, 11) is 0. The van der Waals surface area contributed by atoms with Crippen LogP contribution in [0.4, 0.5) is 46.8 Å². The number of hydrogen-bond acceptors (Lipinski definition) is 7. The van der Waals surface area contributed by atoms with E-state index in [0.29, 0.717) is 11.5 Å². The van der Waals surface area contributed by atoms with Gasteiger partial charge in [-0.3, -0.25) is 4.98 Å². The second kappa shape index (κ2) is 13.9. The van der Waals surface area contributed by atoms with Gasteiger partial charge in [-0.25, -0.2) is 23.4 Å². The first-order valence-electron chi connectivity index (χ1n) is 12.1. The van der Waals surface area contributed by atoms with E-state index in [-0.39, 0.29) is 11.3 Å². The number of hydrogen-bond donors (Lipinski definition) is 4. The summed E-state index contributed by atoms with van der Waals surface area (Å²) >= 11 is 0. The average molecular weight is 632 g/mol. The van der Waals surface area contributed by atoms with E-state index >= 15 is 0 Å². The summed E-state index contributed by atoms with van der Waals surface area (Å²) in [5, 5.41) is 25.3. The normalized spacial score (nSPS) is 13.1. The van der Waals surface area contributed by atoms with Gasteiger partial charge in [0, 0.05) is 18.3 Å². The molecule has 0 spiro atoms. The van der Waals surface area contributed by atoms with Crippen molar-refractivity contribution >= 4 is 34.7 Å². The predicted octanol–water partition coefficient (Wildman–Crippen LogP) is 5.46. The van der Waals surface area contributed by atoms with Gasteiger partial charge in [-0.1, -0.05) is 12.1 Å². The number of aromatic nitrogens is 4. The van der Waals surface area contributed by atoms with E-state index in [4.69, 9.17) is 19.8 Å². The highest BCUT2D eigenvalue weighted by molar-refractivity contribution is 5.78. The summed E-state index contributed by atoms with van der Waals surface area (Å²) < 4.78 is 93.5. The van der Waals surface area contributed by atoms with Crippen molar-refractivity contribution in [1.29, 1.82) is 0 Å². The number of imidazole rings is 1. The first-order chi connectivity index (χ1) is 20.6. The molecule has 18 heteroatoms. The molecule has 0 saturated carbocycles. The maximum Gasteiger partial charge on any atom is 0.490 e. The number of pyridine rings is 1. The smallest absolute Gasteiger partial charge is 0.475 e. The molecule has 4 heterocycles. The molecular weight excluding hydrogens is 612 g/mol. The molecule has 0 aliphatic carbocycles. The van der Waals surface area contributed by atoms with Crippen molar-refractivity contribution in [3.05, 3.63) is 78.3 Å². The molecule has 0 saturated heterocycles. The lowest BCUT2D eigenvalue weighted by Crippen LogP contribution is -2.21. The number of carboxylic acid groups (broad SMARTS) is 2. The van der Waals surface area contributed by atoms with Gasteiger partial charge in [-0.05, 0) is 48.9 Å². The lowest BCUT2D eigenvalue weighted by atomic mass is 10.00. The first-order valence-corrected chi connectivity index (χ1v) is 12.1. The number of benzene rings is 1. The molecule has 10 nitrogen and oxygen atoms in total. The van der Waals surface area contributed by atoms with E-state index < -0.39 is 35.9 Å². The SMILES string of the molecule is Fc1cccc(F)c1-c1ccc2cnc(Nc3cnccc3C3=CCNCC3)n2n1.O=C(O)C(F)(F)F.O=C(O)C(F)(F)F. The van der Waals surface area contributed by atoms with Crippen molar-refractivity contribution in [3.8, 4) is 11.3 Å². The molecule has 44 heavy (non-hydrogen) atoms. The molecule has 0 fully saturated rings. The Morgan fingerprint density at radius 3 is 2.07 bits per heavy atom. The van der Waals surface area contributed by atoms with Crippen LogP contribution in [-0.4, -0.2) is 67.2 Å². The van der Waals surface area contributed by atoms with Crippen LogP contribution in [0.15, 0.2) is 61.1 Å². The van der Waals surface area contributed by atoms with E-state index in [2.05, 4.69) is 31.8 Å². The van der Waals surface area contributed by atoms with Gasteiger partial charge in [0.25, 0.3) is 0 Å². The number of anilines is 2. The summed E-state index contributed by atoms with van der Waals surface area (Å²) in [6.45, 7) is 1.74. The molecule has 4 N–H and O–H groups in total.